The zero-order valence-electron chi connectivity index (χ0n) is 10.5. The van der Waals surface area contributed by atoms with E-state index in [4.69, 9.17) is 10.8 Å². The molecule has 5 nitrogen and oxygen atoms in total. The van der Waals surface area contributed by atoms with Crippen molar-refractivity contribution in [3.05, 3.63) is 23.8 Å². The number of amides is 1. The van der Waals surface area contributed by atoms with Crippen LogP contribution in [0.15, 0.2) is 18.2 Å². The molecule has 1 aromatic carbocycles. The summed E-state index contributed by atoms with van der Waals surface area (Å²) in [5, 5.41) is 11.8. The van der Waals surface area contributed by atoms with E-state index in [2.05, 4.69) is 17.1 Å². The molecule has 0 saturated heterocycles. The van der Waals surface area contributed by atoms with Crippen LogP contribution in [0.1, 0.15) is 24.9 Å². The van der Waals surface area contributed by atoms with Crippen LogP contribution in [-0.2, 0) is 4.79 Å². The molecule has 1 aromatic rings. The molecule has 1 atom stereocenters. The molecule has 0 aliphatic carbocycles. The van der Waals surface area contributed by atoms with Crippen molar-refractivity contribution in [3.63, 3.8) is 0 Å². The summed E-state index contributed by atoms with van der Waals surface area (Å²) in [5.74, 6) is -0.161. The molecule has 18 heavy (non-hydrogen) atoms. The van der Waals surface area contributed by atoms with Crippen LogP contribution < -0.4 is 16.0 Å². The lowest BCUT2D eigenvalue weighted by Gasteiger charge is -2.24. The predicted molar refractivity (Wildman–Crippen MR) is 71.6 cm³/mol. The van der Waals surface area contributed by atoms with Gasteiger partial charge in [0.15, 0.2) is 0 Å². The Hall–Kier alpha value is -1.59. The van der Waals surface area contributed by atoms with Gasteiger partial charge in [0.05, 0.1) is 6.61 Å². The maximum absolute atomic E-state index is 11.5. The topological polar surface area (TPSA) is 78.6 Å². The number of nitrogens with one attached hydrogen (secondary N) is 1. The highest BCUT2D eigenvalue weighted by molar-refractivity contribution is 6.02. The number of aliphatic hydroxyl groups is 1. The van der Waals surface area contributed by atoms with Crippen molar-refractivity contribution in [1.29, 1.82) is 0 Å². The molecule has 2 rings (SSSR count). The molecule has 0 saturated carbocycles. The Labute approximate surface area is 107 Å². The number of hydrogen-bond donors (Lipinski definition) is 3. The van der Waals surface area contributed by atoms with Crippen LogP contribution in [-0.4, -0.2) is 30.7 Å². The number of anilines is 2. The van der Waals surface area contributed by atoms with Gasteiger partial charge in [0, 0.05) is 30.0 Å². The van der Waals surface area contributed by atoms with Gasteiger partial charge in [0.1, 0.15) is 6.04 Å². The first kappa shape index (κ1) is 12.9. The molecule has 0 radical (unpaired) electrons. The van der Waals surface area contributed by atoms with Crippen LogP contribution in [0.4, 0.5) is 11.4 Å². The Balaban J connectivity index is 2.26. The second-order valence-corrected chi connectivity index (χ2v) is 4.45. The Morgan fingerprint density at radius 2 is 2.22 bits per heavy atom. The van der Waals surface area contributed by atoms with E-state index in [0.717, 1.165) is 29.9 Å². The van der Waals surface area contributed by atoms with Crippen LogP contribution in [0, 0.1) is 0 Å². The van der Waals surface area contributed by atoms with Crippen molar-refractivity contribution >= 4 is 17.3 Å². The van der Waals surface area contributed by atoms with E-state index >= 15 is 0 Å². The fraction of sp³-hybridized carbons (Fsp3) is 0.462. The van der Waals surface area contributed by atoms with Gasteiger partial charge in [-0.2, -0.15) is 0 Å². The number of aliphatic hydroxyl groups excluding tert-OH is 1. The van der Waals surface area contributed by atoms with Gasteiger partial charge in [-0.3, -0.25) is 4.79 Å². The molecule has 1 unspecified atom stereocenters. The van der Waals surface area contributed by atoms with Crippen molar-refractivity contribution in [2.24, 2.45) is 5.73 Å². The molecular formula is C13H19N3O2. The fourth-order valence-electron chi connectivity index (χ4n) is 2.23. The van der Waals surface area contributed by atoms with Crippen LogP contribution in [0.25, 0.3) is 0 Å². The fourth-order valence-corrected chi connectivity index (χ4v) is 2.23. The molecular weight excluding hydrogens is 230 g/mol. The van der Waals surface area contributed by atoms with Crippen LogP contribution >= 0.6 is 0 Å². The average molecular weight is 249 g/mol. The van der Waals surface area contributed by atoms with E-state index in [9.17, 15) is 4.79 Å². The molecule has 1 heterocycles. The third kappa shape index (κ3) is 2.32. The van der Waals surface area contributed by atoms with E-state index in [1.54, 1.807) is 0 Å². The summed E-state index contributed by atoms with van der Waals surface area (Å²) in [6.45, 7) is 3.67. The van der Waals surface area contributed by atoms with E-state index in [1.165, 1.54) is 0 Å². The van der Waals surface area contributed by atoms with Gasteiger partial charge in [0.25, 0.3) is 0 Å². The number of carbonyl (C=O) groups excluding carboxylic acids is 1. The first-order valence-corrected chi connectivity index (χ1v) is 6.23. The predicted octanol–water partition coefficient (Wildman–Crippen LogP) is 0.847. The number of carbonyl (C=O) groups is 1. The minimum atomic E-state index is -0.563. The van der Waals surface area contributed by atoms with Crippen molar-refractivity contribution in [2.45, 2.75) is 19.4 Å². The quantitative estimate of drug-likeness (QED) is 0.723. The van der Waals surface area contributed by atoms with Crippen LogP contribution in [0.2, 0.25) is 0 Å². The zero-order valence-corrected chi connectivity index (χ0v) is 10.5. The van der Waals surface area contributed by atoms with Gasteiger partial charge in [-0.1, -0.05) is 13.0 Å². The monoisotopic (exact) mass is 249 g/mol. The van der Waals surface area contributed by atoms with Crippen LogP contribution in [0.3, 0.4) is 0 Å². The highest BCUT2D eigenvalue weighted by atomic mass is 16.3. The van der Waals surface area contributed by atoms with Crippen molar-refractivity contribution in [3.8, 4) is 0 Å². The molecule has 0 spiro atoms. The largest absolute Gasteiger partial charge is 0.395 e. The molecule has 98 valence electrons. The standard InChI is InChI=1S/C13H19N3O2/c1-2-5-16(6-7-17)9-3-4-10-11(8-9)15-13(18)12(10)14/h3-4,8,12,17H,2,5-7,14H2,1H3,(H,15,18). The highest BCUT2D eigenvalue weighted by Crippen LogP contribution is 2.32. The SMILES string of the molecule is CCCN(CCO)c1ccc2c(c1)NC(=O)C2N. The second kappa shape index (κ2) is 5.37. The first-order chi connectivity index (χ1) is 8.67. The summed E-state index contributed by atoms with van der Waals surface area (Å²) < 4.78 is 0. The van der Waals surface area contributed by atoms with Gasteiger partial charge in [-0.25, -0.2) is 0 Å². The molecule has 0 aromatic heterocycles. The third-order valence-corrected chi connectivity index (χ3v) is 3.14. The number of rotatable bonds is 5. The number of nitrogens with two attached hydrogens (primary N) is 1. The number of benzene rings is 1. The minimum absolute atomic E-state index is 0.114. The summed E-state index contributed by atoms with van der Waals surface area (Å²) in [5.41, 5.74) is 8.39. The van der Waals surface area contributed by atoms with Crippen molar-refractivity contribution < 1.29 is 9.90 Å². The third-order valence-electron chi connectivity index (χ3n) is 3.14. The zero-order chi connectivity index (χ0) is 13.1. The molecule has 1 amide bonds. The molecule has 4 N–H and O–H groups in total. The van der Waals surface area contributed by atoms with Gasteiger partial charge >= 0.3 is 0 Å². The number of fused-ring (bicyclic) bond motifs is 1. The normalized spacial score (nSPS) is 17.5. The van der Waals surface area contributed by atoms with Crippen molar-refractivity contribution in [2.75, 3.05) is 29.9 Å². The van der Waals surface area contributed by atoms with Crippen molar-refractivity contribution in [1.82, 2.24) is 0 Å². The molecule has 0 bridgehead atoms. The Kier molecular flexibility index (Phi) is 3.84. The van der Waals surface area contributed by atoms with Gasteiger partial charge < -0.3 is 21.1 Å². The van der Waals surface area contributed by atoms with E-state index in [-0.39, 0.29) is 12.5 Å². The Morgan fingerprint density at radius 1 is 1.44 bits per heavy atom. The molecule has 1 aliphatic rings. The lowest BCUT2D eigenvalue weighted by Crippen LogP contribution is -2.27. The van der Waals surface area contributed by atoms with E-state index < -0.39 is 6.04 Å². The average Bonchev–Trinajstić information content (AvgIpc) is 2.64. The smallest absolute Gasteiger partial charge is 0.245 e. The second-order valence-electron chi connectivity index (χ2n) is 4.45. The minimum Gasteiger partial charge on any atom is -0.395 e. The lowest BCUT2D eigenvalue weighted by molar-refractivity contribution is -0.116. The summed E-state index contributed by atoms with van der Waals surface area (Å²) in [7, 11) is 0. The Bertz CT molecular complexity index is 442. The van der Waals surface area contributed by atoms with Crippen LogP contribution in [0.5, 0.6) is 0 Å². The lowest BCUT2D eigenvalue weighted by atomic mass is 10.1. The Morgan fingerprint density at radius 3 is 2.89 bits per heavy atom. The summed E-state index contributed by atoms with van der Waals surface area (Å²) in [4.78, 5) is 13.6. The first-order valence-electron chi connectivity index (χ1n) is 6.23. The molecule has 0 fully saturated rings. The van der Waals surface area contributed by atoms with E-state index in [1.807, 2.05) is 18.2 Å². The maximum Gasteiger partial charge on any atom is 0.245 e. The van der Waals surface area contributed by atoms with Gasteiger partial charge in [-0.15, -0.1) is 0 Å². The van der Waals surface area contributed by atoms with Gasteiger partial charge in [0.2, 0.25) is 5.91 Å². The van der Waals surface area contributed by atoms with Gasteiger partial charge in [-0.05, 0) is 18.6 Å². The number of nitrogens with zero attached hydrogens (tertiary/aromatic N) is 1. The number of hydrogen-bond acceptors (Lipinski definition) is 4. The molecule has 1 aliphatic heterocycles. The highest BCUT2D eigenvalue weighted by Gasteiger charge is 2.27. The van der Waals surface area contributed by atoms with E-state index in [0.29, 0.717) is 6.54 Å². The maximum atomic E-state index is 11.5. The summed E-state index contributed by atoms with van der Waals surface area (Å²) >= 11 is 0. The molecule has 5 heteroatoms. The summed E-state index contributed by atoms with van der Waals surface area (Å²) in [6, 6.07) is 5.19. The summed E-state index contributed by atoms with van der Waals surface area (Å²) in [6.07, 6.45) is 1.00.